The molecule has 0 amide bonds. The van der Waals surface area contributed by atoms with Crippen molar-refractivity contribution in [3.05, 3.63) is 17.5 Å². The molecular formula is C15H28N4. The molecule has 2 heterocycles. The molecule has 1 aliphatic rings. The molecule has 4 heteroatoms. The maximum Gasteiger partial charge on any atom is 0.0666 e. The van der Waals surface area contributed by atoms with E-state index in [0.29, 0.717) is 0 Å². The van der Waals surface area contributed by atoms with Crippen molar-refractivity contribution >= 4 is 0 Å². The quantitative estimate of drug-likeness (QED) is 0.852. The molecule has 1 aliphatic heterocycles. The van der Waals surface area contributed by atoms with Crippen molar-refractivity contribution in [3.8, 4) is 0 Å². The molecule has 4 nitrogen and oxygen atoms in total. The molecule has 0 aliphatic carbocycles. The number of rotatable bonds is 6. The Morgan fingerprint density at radius 2 is 2.26 bits per heavy atom. The van der Waals surface area contributed by atoms with Gasteiger partial charge in [-0.3, -0.25) is 9.58 Å². The molecule has 1 aromatic rings. The van der Waals surface area contributed by atoms with Crippen LogP contribution < -0.4 is 5.32 Å². The maximum atomic E-state index is 4.56. The lowest BCUT2D eigenvalue weighted by Gasteiger charge is -2.35. The highest BCUT2D eigenvalue weighted by molar-refractivity contribution is 5.17. The van der Waals surface area contributed by atoms with E-state index in [1.165, 1.54) is 43.5 Å². The zero-order valence-corrected chi connectivity index (χ0v) is 12.7. The third kappa shape index (κ3) is 3.80. The van der Waals surface area contributed by atoms with Gasteiger partial charge in [0.05, 0.1) is 5.69 Å². The fourth-order valence-corrected chi connectivity index (χ4v) is 3.14. The summed E-state index contributed by atoms with van der Waals surface area (Å²) in [4.78, 5) is 2.66. The Kier molecular flexibility index (Phi) is 5.40. The molecule has 1 N–H and O–H groups in total. The molecule has 0 saturated carbocycles. The van der Waals surface area contributed by atoms with Crippen molar-refractivity contribution < 1.29 is 0 Å². The van der Waals surface area contributed by atoms with E-state index >= 15 is 0 Å². The minimum Gasteiger partial charge on any atom is -0.320 e. The molecule has 2 rings (SSSR count). The Hall–Kier alpha value is -0.870. The zero-order valence-electron chi connectivity index (χ0n) is 12.7. The Labute approximate surface area is 117 Å². The number of hydrogen-bond acceptors (Lipinski definition) is 3. The first kappa shape index (κ1) is 14.5. The summed E-state index contributed by atoms with van der Waals surface area (Å²) in [6.45, 7) is 5.63. The van der Waals surface area contributed by atoms with E-state index < -0.39 is 0 Å². The summed E-state index contributed by atoms with van der Waals surface area (Å²) in [5.41, 5.74) is 2.68. The predicted molar refractivity (Wildman–Crippen MR) is 79.2 cm³/mol. The second-order valence-electron chi connectivity index (χ2n) is 5.64. The number of nitrogens with zero attached hydrogens (tertiary/aromatic N) is 3. The van der Waals surface area contributed by atoms with Crippen LogP contribution in [-0.4, -0.2) is 40.9 Å². The van der Waals surface area contributed by atoms with Crippen LogP contribution in [0, 0.1) is 0 Å². The normalized spacial score (nSPS) is 20.9. The summed E-state index contributed by atoms with van der Waals surface area (Å²) in [5, 5.41) is 7.84. The number of nitrogens with one attached hydrogen (secondary N) is 1. The lowest BCUT2D eigenvalue weighted by atomic mass is 9.98. The average Bonchev–Trinajstić information content (AvgIpc) is 2.78. The first-order chi connectivity index (χ1) is 9.24. The Balaban J connectivity index is 2.01. The topological polar surface area (TPSA) is 33.1 Å². The van der Waals surface area contributed by atoms with Crippen LogP contribution in [0.25, 0.3) is 0 Å². The van der Waals surface area contributed by atoms with Crippen LogP contribution in [0.1, 0.15) is 43.9 Å². The van der Waals surface area contributed by atoms with Gasteiger partial charge < -0.3 is 5.32 Å². The van der Waals surface area contributed by atoms with Crippen molar-refractivity contribution in [1.82, 2.24) is 20.0 Å². The summed E-state index contributed by atoms with van der Waals surface area (Å²) >= 11 is 0. The highest BCUT2D eigenvalue weighted by Crippen LogP contribution is 2.22. The lowest BCUT2D eigenvalue weighted by Crippen LogP contribution is -2.40. The number of piperidine rings is 1. The van der Waals surface area contributed by atoms with E-state index in [9.17, 15) is 0 Å². The van der Waals surface area contributed by atoms with Crippen molar-refractivity contribution in [2.45, 2.75) is 51.6 Å². The summed E-state index contributed by atoms with van der Waals surface area (Å²) in [5.74, 6) is 0. The van der Waals surface area contributed by atoms with Gasteiger partial charge in [0.25, 0.3) is 0 Å². The molecule has 108 valence electrons. The van der Waals surface area contributed by atoms with E-state index in [1.54, 1.807) is 0 Å². The maximum absolute atomic E-state index is 4.56. The largest absolute Gasteiger partial charge is 0.320 e. The zero-order chi connectivity index (χ0) is 13.7. The number of aryl methyl sites for hydroxylation is 2. The standard InChI is InChI=1S/C15H28N4/c1-4-15-13(11-18(3)17-15)12-19-10-6-5-7-14(19)8-9-16-2/h11,14,16H,4-10,12H2,1-3H3. The molecule has 1 aromatic heterocycles. The van der Waals surface area contributed by atoms with Crippen molar-refractivity contribution in [1.29, 1.82) is 0 Å². The lowest BCUT2D eigenvalue weighted by molar-refractivity contribution is 0.132. The van der Waals surface area contributed by atoms with Gasteiger partial charge in [-0.25, -0.2) is 0 Å². The Morgan fingerprint density at radius 1 is 1.42 bits per heavy atom. The van der Waals surface area contributed by atoms with Crippen LogP contribution in [0.4, 0.5) is 0 Å². The van der Waals surface area contributed by atoms with Gasteiger partial charge >= 0.3 is 0 Å². The van der Waals surface area contributed by atoms with Gasteiger partial charge in [-0.15, -0.1) is 0 Å². The van der Waals surface area contributed by atoms with Gasteiger partial charge in [0.1, 0.15) is 0 Å². The number of aromatic nitrogens is 2. The van der Waals surface area contributed by atoms with Crippen LogP contribution >= 0.6 is 0 Å². The summed E-state index contributed by atoms with van der Waals surface area (Å²) < 4.78 is 1.96. The fourth-order valence-electron chi connectivity index (χ4n) is 3.14. The minimum absolute atomic E-state index is 0.742. The summed E-state index contributed by atoms with van der Waals surface area (Å²) in [6.07, 6.45) is 8.58. The molecule has 1 unspecified atom stereocenters. The minimum atomic E-state index is 0.742. The van der Waals surface area contributed by atoms with E-state index in [2.05, 4.69) is 28.4 Å². The monoisotopic (exact) mass is 264 g/mol. The number of hydrogen-bond donors (Lipinski definition) is 1. The molecule has 1 saturated heterocycles. The predicted octanol–water partition coefficient (Wildman–Crippen LogP) is 1.95. The van der Waals surface area contributed by atoms with E-state index in [-0.39, 0.29) is 0 Å². The SMILES string of the molecule is CCc1nn(C)cc1CN1CCCCC1CCNC. The molecular weight excluding hydrogens is 236 g/mol. The molecule has 0 radical (unpaired) electrons. The highest BCUT2D eigenvalue weighted by Gasteiger charge is 2.23. The first-order valence-corrected chi connectivity index (χ1v) is 7.64. The van der Waals surface area contributed by atoms with Gasteiger partial charge in [-0.05, 0) is 45.8 Å². The first-order valence-electron chi connectivity index (χ1n) is 7.64. The van der Waals surface area contributed by atoms with Crippen molar-refractivity contribution in [2.75, 3.05) is 20.1 Å². The Bertz CT molecular complexity index is 385. The molecule has 19 heavy (non-hydrogen) atoms. The van der Waals surface area contributed by atoms with Gasteiger partial charge in [-0.1, -0.05) is 13.3 Å². The van der Waals surface area contributed by atoms with E-state index in [1.807, 2.05) is 18.8 Å². The summed E-state index contributed by atoms with van der Waals surface area (Å²) in [6, 6.07) is 0.742. The molecule has 1 atom stereocenters. The molecule has 0 spiro atoms. The van der Waals surface area contributed by atoms with Gasteiger partial charge in [0.2, 0.25) is 0 Å². The van der Waals surface area contributed by atoms with Crippen LogP contribution in [0.2, 0.25) is 0 Å². The number of likely N-dealkylation sites (tertiary alicyclic amines) is 1. The smallest absolute Gasteiger partial charge is 0.0666 e. The summed E-state index contributed by atoms with van der Waals surface area (Å²) in [7, 11) is 4.07. The molecule has 0 bridgehead atoms. The van der Waals surface area contributed by atoms with Crippen LogP contribution in [-0.2, 0) is 20.0 Å². The van der Waals surface area contributed by atoms with Crippen molar-refractivity contribution in [3.63, 3.8) is 0 Å². The van der Waals surface area contributed by atoms with Crippen molar-refractivity contribution in [2.24, 2.45) is 7.05 Å². The Morgan fingerprint density at radius 3 is 3.00 bits per heavy atom. The van der Waals surface area contributed by atoms with Crippen LogP contribution in [0.3, 0.4) is 0 Å². The van der Waals surface area contributed by atoms with Gasteiger partial charge in [0.15, 0.2) is 0 Å². The third-order valence-corrected chi connectivity index (χ3v) is 4.18. The molecule has 1 fully saturated rings. The second kappa shape index (κ2) is 7.06. The fraction of sp³-hybridized carbons (Fsp3) is 0.800. The van der Waals surface area contributed by atoms with Crippen LogP contribution in [0.15, 0.2) is 6.20 Å². The van der Waals surface area contributed by atoms with Gasteiger partial charge in [0, 0.05) is 31.4 Å². The second-order valence-corrected chi connectivity index (χ2v) is 5.64. The average molecular weight is 264 g/mol. The van der Waals surface area contributed by atoms with Gasteiger partial charge in [-0.2, -0.15) is 5.10 Å². The van der Waals surface area contributed by atoms with E-state index in [0.717, 1.165) is 25.6 Å². The highest BCUT2D eigenvalue weighted by atomic mass is 15.3. The van der Waals surface area contributed by atoms with Crippen LogP contribution in [0.5, 0.6) is 0 Å². The third-order valence-electron chi connectivity index (χ3n) is 4.18. The molecule has 0 aromatic carbocycles. The van der Waals surface area contributed by atoms with E-state index in [4.69, 9.17) is 0 Å².